The van der Waals surface area contributed by atoms with Gasteiger partial charge >= 0.3 is 0 Å². The van der Waals surface area contributed by atoms with Gasteiger partial charge in [0.05, 0.1) is 5.69 Å². The average molecular weight is 417 g/mol. The molecule has 0 spiro atoms. The summed E-state index contributed by atoms with van der Waals surface area (Å²) in [4.78, 5) is 4.83. The monoisotopic (exact) mass is 418 g/mol. The molecule has 1 atom stereocenters. The van der Waals surface area contributed by atoms with Gasteiger partial charge in [-0.25, -0.2) is 0 Å². The molecule has 1 aromatic rings. The van der Waals surface area contributed by atoms with Crippen molar-refractivity contribution in [1.29, 1.82) is 0 Å². The second-order valence-corrected chi connectivity index (χ2v) is 4.79. The Hall–Kier alpha value is 0.409. The van der Waals surface area contributed by atoms with Crippen LogP contribution in [0.15, 0.2) is 29.3 Å². The Morgan fingerprint density at radius 1 is 1.26 bits per heavy atom. The summed E-state index contributed by atoms with van der Waals surface area (Å²) in [6.07, 6.45) is 3.30. The van der Waals surface area contributed by atoms with Crippen LogP contribution in [-0.4, -0.2) is 5.71 Å². The number of aryl methyl sites for hydroxylation is 1. The van der Waals surface area contributed by atoms with Crippen LogP contribution in [0.25, 0.3) is 0 Å². The molecule has 1 aromatic carbocycles. The minimum atomic E-state index is 0. The number of rotatable bonds is 2. The molecule has 0 N–H and O–H groups in total. The summed E-state index contributed by atoms with van der Waals surface area (Å²) >= 11 is 0. The Morgan fingerprint density at radius 3 is 2.42 bits per heavy atom. The first kappa shape index (κ1) is 19.4. The van der Waals surface area contributed by atoms with Crippen molar-refractivity contribution < 1.29 is 46.9 Å². The molecule has 1 unspecified atom stereocenters. The summed E-state index contributed by atoms with van der Waals surface area (Å²) in [6.45, 7) is 10.7. The fourth-order valence-corrected chi connectivity index (χ4v) is 2.27. The Kier molecular flexibility index (Phi) is 10.4. The first-order valence-corrected chi connectivity index (χ1v) is 7.17. The van der Waals surface area contributed by atoms with E-state index in [2.05, 4.69) is 45.0 Å². The zero-order valence-electron chi connectivity index (χ0n) is 12.7. The van der Waals surface area contributed by atoms with Crippen molar-refractivity contribution in [3.8, 4) is 0 Å². The van der Waals surface area contributed by atoms with Crippen molar-refractivity contribution in [3.63, 3.8) is 0 Å². The topological polar surface area (TPSA) is 12.4 Å². The van der Waals surface area contributed by atoms with E-state index in [1.807, 2.05) is 13.8 Å². The molecule has 1 aliphatic rings. The normalized spacial score (nSPS) is 20.7. The molecule has 2 heteroatoms. The molecule has 0 radical (unpaired) electrons. The van der Waals surface area contributed by atoms with E-state index < -0.39 is 0 Å². The molecule has 0 heterocycles. The molecule has 114 valence electrons. The molecule has 19 heavy (non-hydrogen) atoms. The standard InChI is InChI=1S/C15H20N.C2H6.Yb/c1-4-13-7-5-6-8-15(13)16-14-9-11(2)12(3)10-14;1-2;/h5-8,11H,4,9-10H2,1-3H3;1-2H3;/q-1;;. The number of benzene rings is 1. The van der Waals surface area contributed by atoms with E-state index in [4.69, 9.17) is 4.99 Å². The molecule has 2 rings (SSSR count). The second-order valence-electron chi connectivity index (χ2n) is 4.79. The maximum Gasteiger partial charge on any atom is 0.0659 e. The number of hydrogen-bond acceptors (Lipinski definition) is 1. The Bertz CT molecular complexity index is 386. The third-order valence-electron chi connectivity index (χ3n) is 3.52. The number of para-hydroxylation sites is 1. The molecule has 1 aliphatic carbocycles. The molecular formula is C17H26NYb-. The first-order valence-electron chi connectivity index (χ1n) is 7.17. The minimum absolute atomic E-state index is 0. The van der Waals surface area contributed by atoms with Crippen LogP contribution >= 0.6 is 0 Å². The van der Waals surface area contributed by atoms with Crippen LogP contribution in [-0.2, 0) is 6.42 Å². The zero-order chi connectivity index (χ0) is 13.5. The van der Waals surface area contributed by atoms with Gasteiger partial charge in [-0.2, -0.15) is 12.8 Å². The number of aliphatic imine (C=N–C) groups is 1. The zero-order valence-corrected chi connectivity index (χ0v) is 14.4. The van der Waals surface area contributed by atoms with Crippen molar-refractivity contribution in [2.45, 2.75) is 53.9 Å². The second kappa shape index (κ2) is 10.2. The van der Waals surface area contributed by atoms with Crippen molar-refractivity contribution in [1.82, 2.24) is 0 Å². The Labute approximate surface area is 157 Å². The number of hydrogen-bond donors (Lipinski definition) is 0. The molecule has 1 fully saturated rings. The molecule has 1 nitrogen and oxygen atoms in total. The van der Waals surface area contributed by atoms with Gasteiger partial charge in [-0.3, -0.25) is 4.99 Å². The van der Waals surface area contributed by atoms with Crippen LogP contribution in [0.5, 0.6) is 0 Å². The smallest absolute Gasteiger partial charge is 0.0659 e. The molecule has 0 aliphatic heterocycles. The minimum Gasteiger partial charge on any atom is -0.308 e. The van der Waals surface area contributed by atoms with E-state index in [0.717, 1.165) is 19.3 Å². The number of nitrogens with zero attached hydrogens (tertiary/aromatic N) is 1. The van der Waals surface area contributed by atoms with E-state index in [1.165, 1.54) is 17.0 Å². The largest absolute Gasteiger partial charge is 0.308 e. The van der Waals surface area contributed by atoms with Crippen molar-refractivity contribution in [3.05, 3.63) is 35.7 Å². The van der Waals surface area contributed by atoms with Crippen LogP contribution in [0, 0.1) is 58.8 Å². The fourth-order valence-electron chi connectivity index (χ4n) is 2.27. The van der Waals surface area contributed by atoms with Crippen molar-refractivity contribution in [2.75, 3.05) is 0 Å². The van der Waals surface area contributed by atoms with Crippen molar-refractivity contribution in [2.24, 2.45) is 10.9 Å². The van der Waals surface area contributed by atoms with Gasteiger partial charge in [0.1, 0.15) is 0 Å². The predicted molar refractivity (Wildman–Crippen MR) is 81.6 cm³/mol. The summed E-state index contributed by atoms with van der Waals surface area (Å²) < 4.78 is 0. The molecule has 0 saturated heterocycles. The van der Waals surface area contributed by atoms with Gasteiger partial charge < -0.3 is 5.92 Å². The summed E-state index contributed by atoms with van der Waals surface area (Å²) in [5.74, 6) is 2.29. The van der Waals surface area contributed by atoms with Crippen molar-refractivity contribution >= 4 is 11.4 Å². The fraction of sp³-hybridized carbons (Fsp3) is 0.529. The van der Waals surface area contributed by atoms with Gasteiger partial charge in [-0.15, -0.1) is 6.42 Å². The molecule has 1 saturated carbocycles. The van der Waals surface area contributed by atoms with Crippen LogP contribution in [0.1, 0.15) is 53.0 Å². The predicted octanol–water partition coefficient (Wildman–Crippen LogP) is 5.37. The molecular weight excluding hydrogens is 391 g/mol. The van der Waals surface area contributed by atoms with Gasteiger partial charge in [0.25, 0.3) is 0 Å². The van der Waals surface area contributed by atoms with E-state index in [-0.39, 0.29) is 46.9 Å². The quantitative estimate of drug-likeness (QED) is 0.574. The maximum absolute atomic E-state index is 4.83. The van der Waals surface area contributed by atoms with Crippen LogP contribution in [0.3, 0.4) is 0 Å². The Morgan fingerprint density at radius 2 is 1.89 bits per heavy atom. The Balaban J connectivity index is 0.00000103. The van der Waals surface area contributed by atoms with E-state index in [1.54, 1.807) is 5.92 Å². The van der Waals surface area contributed by atoms with Gasteiger partial charge in [-0.05, 0) is 30.2 Å². The van der Waals surface area contributed by atoms with Crippen LogP contribution in [0.4, 0.5) is 5.69 Å². The van der Waals surface area contributed by atoms with Gasteiger partial charge in [0.15, 0.2) is 0 Å². The molecule has 0 aromatic heterocycles. The summed E-state index contributed by atoms with van der Waals surface area (Å²) in [5.41, 5.74) is 3.88. The summed E-state index contributed by atoms with van der Waals surface area (Å²) in [6, 6.07) is 8.48. The van der Waals surface area contributed by atoms with E-state index >= 15 is 0 Å². The third kappa shape index (κ3) is 5.73. The summed E-state index contributed by atoms with van der Waals surface area (Å²) in [7, 11) is 0. The van der Waals surface area contributed by atoms with Gasteiger partial charge in [0, 0.05) is 46.9 Å². The van der Waals surface area contributed by atoms with Crippen LogP contribution in [0.2, 0.25) is 0 Å². The average Bonchev–Trinajstić information content (AvgIpc) is 2.71. The SMILES string of the molecule is CC.CCc1ccccc1N=C1C[C-](C)C(C)C1.[Yb]. The van der Waals surface area contributed by atoms with Gasteiger partial charge in [-0.1, -0.05) is 45.9 Å². The molecule has 0 amide bonds. The summed E-state index contributed by atoms with van der Waals surface area (Å²) in [5, 5.41) is 0. The van der Waals surface area contributed by atoms with Gasteiger partial charge in [0.2, 0.25) is 0 Å². The van der Waals surface area contributed by atoms with E-state index in [9.17, 15) is 0 Å². The first-order chi connectivity index (χ1) is 8.70. The maximum atomic E-state index is 4.83. The van der Waals surface area contributed by atoms with E-state index in [0.29, 0.717) is 5.92 Å². The molecule has 0 bridgehead atoms. The third-order valence-corrected chi connectivity index (χ3v) is 3.52. The van der Waals surface area contributed by atoms with Crippen LogP contribution < -0.4 is 0 Å².